The number of benzene rings is 1. The third-order valence-corrected chi connectivity index (χ3v) is 3.07. The Bertz CT molecular complexity index is 773. The highest BCUT2D eigenvalue weighted by Gasteiger charge is 2.10. The molecule has 3 rings (SSSR count). The summed E-state index contributed by atoms with van der Waals surface area (Å²) in [7, 11) is 0. The molecule has 0 unspecified atom stereocenters. The molecule has 0 fully saturated rings. The highest BCUT2D eigenvalue weighted by molar-refractivity contribution is 5.86. The van der Waals surface area contributed by atoms with Crippen molar-refractivity contribution in [1.29, 1.82) is 0 Å². The van der Waals surface area contributed by atoms with Gasteiger partial charge < -0.3 is 4.74 Å². The minimum Gasteiger partial charge on any atom is -0.373 e. The summed E-state index contributed by atoms with van der Waals surface area (Å²) in [6.45, 7) is 3.13. The van der Waals surface area contributed by atoms with Crippen LogP contribution in [-0.2, 0) is 11.3 Å². The molecule has 1 N–H and O–H groups in total. The molecule has 0 bridgehead atoms. The average molecular weight is 257 g/mol. The topological polar surface area (TPSA) is 59.4 Å². The van der Waals surface area contributed by atoms with Crippen molar-refractivity contribution in [3.05, 3.63) is 46.5 Å². The lowest BCUT2D eigenvalue weighted by atomic mass is 10.2. The molecule has 98 valence electrons. The molecular formula is C14H15N3O2. The van der Waals surface area contributed by atoms with Crippen molar-refractivity contribution in [2.45, 2.75) is 20.0 Å². The van der Waals surface area contributed by atoms with E-state index in [4.69, 9.17) is 4.74 Å². The molecule has 0 radical (unpaired) electrons. The van der Waals surface area contributed by atoms with Crippen molar-refractivity contribution in [2.75, 3.05) is 6.61 Å². The zero-order valence-corrected chi connectivity index (χ0v) is 10.7. The minimum absolute atomic E-state index is 0.185. The summed E-state index contributed by atoms with van der Waals surface area (Å²) >= 11 is 0. The van der Waals surface area contributed by atoms with E-state index in [1.165, 1.54) is 0 Å². The highest BCUT2D eigenvalue weighted by atomic mass is 16.5. The molecule has 0 spiro atoms. The molecule has 0 aliphatic heterocycles. The summed E-state index contributed by atoms with van der Waals surface area (Å²) in [5.74, 6) is 0.712. The quantitative estimate of drug-likeness (QED) is 0.728. The molecule has 0 atom stereocenters. The maximum absolute atomic E-state index is 11.9. The molecule has 0 amide bonds. The van der Waals surface area contributed by atoms with Crippen LogP contribution in [0.2, 0.25) is 0 Å². The van der Waals surface area contributed by atoms with E-state index >= 15 is 0 Å². The maximum atomic E-state index is 11.9. The number of ether oxygens (including phenoxy) is 1. The predicted octanol–water partition coefficient (Wildman–Crippen LogP) is 2.10. The fourth-order valence-corrected chi connectivity index (χ4v) is 2.23. The number of H-pyrrole nitrogens is 1. The van der Waals surface area contributed by atoms with E-state index in [1.807, 2.05) is 34.7 Å². The predicted molar refractivity (Wildman–Crippen MR) is 73.3 cm³/mol. The minimum atomic E-state index is -0.185. The van der Waals surface area contributed by atoms with Crippen LogP contribution in [0.1, 0.15) is 19.2 Å². The van der Waals surface area contributed by atoms with Gasteiger partial charge in [0.05, 0.1) is 5.52 Å². The third kappa shape index (κ3) is 2.02. The van der Waals surface area contributed by atoms with Crippen molar-refractivity contribution < 1.29 is 4.74 Å². The molecule has 19 heavy (non-hydrogen) atoms. The van der Waals surface area contributed by atoms with E-state index in [0.29, 0.717) is 24.6 Å². The van der Waals surface area contributed by atoms with Gasteiger partial charge in [-0.1, -0.05) is 25.1 Å². The van der Waals surface area contributed by atoms with Crippen molar-refractivity contribution in [3.63, 3.8) is 0 Å². The van der Waals surface area contributed by atoms with Crippen molar-refractivity contribution in [1.82, 2.24) is 14.6 Å². The smallest absolute Gasteiger partial charge is 0.288 e. The first kappa shape index (κ1) is 11.9. The van der Waals surface area contributed by atoms with Crippen molar-refractivity contribution in [3.8, 4) is 0 Å². The zero-order chi connectivity index (χ0) is 13.2. The van der Waals surface area contributed by atoms with E-state index in [1.54, 1.807) is 0 Å². The van der Waals surface area contributed by atoms with E-state index in [9.17, 15) is 4.79 Å². The normalized spacial score (nSPS) is 11.4. The lowest BCUT2D eigenvalue weighted by molar-refractivity contribution is 0.114. The van der Waals surface area contributed by atoms with Crippen LogP contribution in [0, 0.1) is 0 Å². The lowest BCUT2D eigenvalue weighted by Crippen LogP contribution is -2.16. The fourth-order valence-electron chi connectivity index (χ4n) is 2.23. The number of fused-ring (bicyclic) bond motifs is 3. The monoisotopic (exact) mass is 257 g/mol. The molecule has 2 heterocycles. The Morgan fingerprint density at radius 2 is 2.16 bits per heavy atom. The SMILES string of the molecule is CCCOCc1n[nH]c(=O)c2cc3ccccc3n12. The molecule has 3 aromatic rings. The third-order valence-electron chi connectivity index (χ3n) is 3.07. The summed E-state index contributed by atoms with van der Waals surface area (Å²) in [5.41, 5.74) is 1.40. The Morgan fingerprint density at radius 1 is 1.32 bits per heavy atom. The summed E-state index contributed by atoms with van der Waals surface area (Å²) in [5, 5.41) is 7.65. The summed E-state index contributed by atoms with van der Waals surface area (Å²) in [4.78, 5) is 11.9. The fraction of sp³-hybridized carbons (Fsp3) is 0.286. The molecule has 0 saturated carbocycles. The Kier molecular flexibility index (Phi) is 3.05. The second kappa shape index (κ2) is 4.85. The van der Waals surface area contributed by atoms with Crippen molar-refractivity contribution in [2.24, 2.45) is 0 Å². The highest BCUT2D eigenvalue weighted by Crippen LogP contribution is 2.18. The molecule has 5 heteroatoms. The van der Waals surface area contributed by atoms with Gasteiger partial charge in [-0.3, -0.25) is 9.20 Å². The van der Waals surface area contributed by atoms with Crippen LogP contribution < -0.4 is 5.56 Å². The molecule has 5 nitrogen and oxygen atoms in total. The number of aromatic amines is 1. The molecule has 0 aliphatic rings. The van der Waals surface area contributed by atoms with Crippen LogP contribution in [0.5, 0.6) is 0 Å². The maximum Gasteiger partial charge on any atom is 0.288 e. The lowest BCUT2D eigenvalue weighted by Gasteiger charge is -2.06. The van der Waals surface area contributed by atoms with Crippen LogP contribution in [0.25, 0.3) is 16.4 Å². The van der Waals surface area contributed by atoms with Crippen LogP contribution >= 0.6 is 0 Å². The first-order valence-electron chi connectivity index (χ1n) is 6.36. The number of para-hydroxylation sites is 1. The second-order valence-corrected chi connectivity index (χ2v) is 4.45. The van der Waals surface area contributed by atoms with Gasteiger partial charge in [-0.05, 0) is 18.6 Å². The van der Waals surface area contributed by atoms with Gasteiger partial charge >= 0.3 is 0 Å². The van der Waals surface area contributed by atoms with Gasteiger partial charge in [0, 0.05) is 12.0 Å². The number of aromatic nitrogens is 3. The number of nitrogens with one attached hydrogen (secondary N) is 1. The molecule has 0 saturated heterocycles. The van der Waals surface area contributed by atoms with Gasteiger partial charge in [0.1, 0.15) is 12.1 Å². The van der Waals surface area contributed by atoms with Gasteiger partial charge in [0.15, 0.2) is 5.82 Å². The zero-order valence-electron chi connectivity index (χ0n) is 10.7. The number of hydrogen-bond donors (Lipinski definition) is 1. The molecule has 0 aliphatic carbocycles. The van der Waals surface area contributed by atoms with E-state index < -0.39 is 0 Å². The first-order valence-corrected chi connectivity index (χ1v) is 6.36. The summed E-state index contributed by atoms with van der Waals surface area (Å²) in [6, 6.07) is 9.74. The standard InChI is InChI=1S/C14H15N3O2/c1-2-7-19-9-13-15-16-14(18)12-8-10-5-3-4-6-11(10)17(12)13/h3-6,8H,2,7,9H2,1H3,(H,16,18). The first-order chi connectivity index (χ1) is 9.31. The Balaban J connectivity index is 2.21. The van der Waals surface area contributed by atoms with Gasteiger partial charge in [-0.15, -0.1) is 0 Å². The Hall–Kier alpha value is -2.14. The van der Waals surface area contributed by atoms with Gasteiger partial charge in [-0.25, -0.2) is 5.10 Å². The van der Waals surface area contributed by atoms with E-state index in [0.717, 1.165) is 17.3 Å². The molecule has 2 aromatic heterocycles. The van der Waals surface area contributed by atoms with Crippen molar-refractivity contribution >= 4 is 16.4 Å². The van der Waals surface area contributed by atoms with Crippen LogP contribution in [0.15, 0.2) is 35.1 Å². The molecular weight excluding hydrogens is 242 g/mol. The largest absolute Gasteiger partial charge is 0.373 e. The van der Waals surface area contributed by atoms with Gasteiger partial charge in [0.25, 0.3) is 5.56 Å². The summed E-state index contributed by atoms with van der Waals surface area (Å²) < 4.78 is 7.39. The van der Waals surface area contributed by atoms with Gasteiger partial charge in [0.2, 0.25) is 0 Å². The Morgan fingerprint density at radius 3 is 3.00 bits per heavy atom. The van der Waals surface area contributed by atoms with E-state index in [-0.39, 0.29) is 5.56 Å². The second-order valence-electron chi connectivity index (χ2n) is 4.45. The van der Waals surface area contributed by atoms with E-state index in [2.05, 4.69) is 17.1 Å². The molecule has 1 aromatic carbocycles. The number of rotatable bonds is 4. The summed E-state index contributed by atoms with van der Waals surface area (Å²) in [6.07, 6.45) is 0.957. The van der Waals surface area contributed by atoms with Crippen LogP contribution in [0.3, 0.4) is 0 Å². The number of nitrogens with zero attached hydrogens (tertiary/aromatic N) is 2. The number of hydrogen-bond acceptors (Lipinski definition) is 3. The van der Waals surface area contributed by atoms with Crippen LogP contribution in [-0.4, -0.2) is 21.2 Å². The Labute approximate surface area is 109 Å². The average Bonchev–Trinajstić information content (AvgIpc) is 2.82. The van der Waals surface area contributed by atoms with Gasteiger partial charge in [-0.2, -0.15) is 5.10 Å². The van der Waals surface area contributed by atoms with Crippen LogP contribution in [0.4, 0.5) is 0 Å².